The molecule has 3 N–H and O–H groups in total. The van der Waals surface area contributed by atoms with Gasteiger partial charge in [0, 0.05) is 11.6 Å². The van der Waals surface area contributed by atoms with Crippen LogP contribution in [-0.4, -0.2) is 35.1 Å². The minimum Gasteiger partial charge on any atom is -0.507 e. The maximum absolute atomic E-state index is 12.9. The van der Waals surface area contributed by atoms with Gasteiger partial charge >= 0.3 is 0 Å². The van der Waals surface area contributed by atoms with E-state index >= 15 is 0 Å². The summed E-state index contributed by atoms with van der Waals surface area (Å²) in [6, 6.07) is 12.7. The number of methoxy groups -OCH3 is 1. The molecule has 0 fully saturated rings. The van der Waals surface area contributed by atoms with Gasteiger partial charge in [-0.25, -0.2) is 0 Å². The van der Waals surface area contributed by atoms with Crippen molar-refractivity contribution in [2.75, 3.05) is 13.7 Å². The normalized spacial score (nSPS) is 17.7. The van der Waals surface area contributed by atoms with E-state index in [1.807, 2.05) is 0 Å². The zero-order valence-electron chi connectivity index (χ0n) is 16.4. The lowest BCUT2D eigenvalue weighted by molar-refractivity contribution is -0.0119. The third-order valence-electron chi connectivity index (χ3n) is 5.32. The van der Waals surface area contributed by atoms with Crippen LogP contribution >= 0.6 is 0 Å². The zero-order chi connectivity index (χ0) is 21.7. The number of phenolic OH excluding ortho intramolecular Hbond substituents is 2. The highest BCUT2D eigenvalue weighted by atomic mass is 16.6. The molecule has 0 spiro atoms. The molecule has 5 rings (SSSR count). The Morgan fingerprint density at radius 3 is 2.58 bits per heavy atom. The Morgan fingerprint density at radius 2 is 1.84 bits per heavy atom. The third-order valence-corrected chi connectivity index (χ3v) is 5.32. The van der Waals surface area contributed by atoms with Crippen LogP contribution in [-0.2, 0) is 0 Å². The molecule has 0 radical (unpaired) electrons. The summed E-state index contributed by atoms with van der Waals surface area (Å²) in [4.78, 5) is 12.9. The van der Waals surface area contributed by atoms with Crippen LogP contribution in [0.2, 0.25) is 0 Å². The Bertz CT molecular complexity index is 1370. The molecule has 0 bridgehead atoms. The second-order valence-corrected chi connectivity index (χ2v) is 7.16. The van der Waals surface area contributed by atoms with E-state index in [2.05, 4.69) is 0 Å². The molecule has 31 heavy (non-hydrogen) atoms. The number of ether oxygens (including phenoxy) is 3. The Morgan fingerprint density at radius 1 is 1.03 bits per heavy atom. The molecule has 0 amide bonds. The fourth-order valence-electron chi connectivity index (χ4n) is 3.83. The summed E-state index contributed by atoms with van der Waals surface area (Å²) in [5, 5.41) is 30.9. The van der Waals surface area contributed by atoms with Gasteiger partial charge in [0.2, 0.25) is 11.2 Å². The number of para-hydroxylation sites is 1. The lowest BCUT2D eigenvalue weighted by Crippen LogP contribution is -2.36. The van der Waals surface area contributed by atoms with Crippen LogP contribution in [0.4, 0.5) is 0 Å². The molecule has 158 valence electrons. The van der Waals surface area contributed by atoms with Crippen molar-refractivity contribution in [1.29, 1.82) is 0 Å². The minimum atomic E-state index is -0.857. The molecule has 8 heteroatoms. The summed E-state index contributed by atoms with van der Waals surface area (Å²) in [5.74, 6) is 0.149. The van der Waals surface area contributed by atoms with Crippen molar-refractivity contribution in [2.24, 2.45) is 0 Å². The highest BCUT2D eigenvalue weighted by molar-refractivity contribution is 5.97. The summed E-state index contributed by atoms with van der Waals surface area (Å²) in [6.45, 7) is -0.406. The SMILES string of the molecule is COc1ccc(C2Oc3cc(O)c4c(=O)c5ccccc5oc4c3OC2CO)cc1O. The maximum atomic E-state index is 12.9. The van der Waals surface area contributed by atoms with Crippen LogP contribution in [0.3, 0.4) is 0 Å². The van der Waals surface area contributed by atoms with Crippen molar-refractivity contribution in [3.05, 3.63) is 64.3 Å². The number of rotatable bonds is 3. The van der Waals surface area contributed by atoms with Gasteiger partial charge in [-0.15, -0.1) is 0 Å². The van der Waals surface area contributed by atoms with Crippen molar-refractivity contribution in [3.8, 4) is 28.7 Å². The smallest absolute Gasteiger partial charge is 0.205 e. The van der Waals surface area contributed by atoms with E-state index in [0.29, 0.717) is 22.3 Å². The fraction of sp³-hybridized carbons (Fsp3) is 0.174. The molecular weight excluding hydrogens is 404 g/mol. The van der Waals surface area contributed by atoms with Crippen LogP contribution < -0.4 is 19.6 Å². The number of hydrogen-bond acceptors (Lipinski definition) is 8. The van der Waals surface area contributed by atoms with Crippen molar-refractivity contribution >= 4 is 21.9 Å². The summed E-state index contributed by atoms with van der Waals surface area (Å²) in [6.07, 6.45) is -1.65. The second-order valence-electron chi connectivity index (χ2n) is 7.16. The molecule has 3 aromatic carbocycles. The molecule has 1 aliphatic rings. The van der Waals surface area contributed by atoms with E-state index in [-0.39, 0.29) is 34.0 Å². The van der Waals surface area contributed by atoms with Gasteiger partial charge in [-0.1, -0.05) is 18.2 Å². The van der Waals surface area contributed by atoms with Crippen molar-refractivity contribution < 1.29 is 33.9 Å². The van der Waals surface area contributed by atoms with Crippen LogP contribution in [0.5, 0.6) is 28.7 Å². The van der Waals surface area contributed by atoms with E-state index in [4.69, 9.17) is 18.6 Å². The van der Waals surface area contributed by atoms with Gasteiger partial charge in [0.15, 0.2) is 35.0 Å². The number of benzene rings is 3. The van der Waals surface area contributed by atoms with E-state index in [1.165, 1.54) is 19.2 Å². The Labute approximate surface area is 175 Å². The average molecular weight is 422 g/mol. The summed E-state index contributed by atoms with van der Waals surface area (Å²) in [7, 11) is 1.44. The molecule has 2 unspecified atom stereocenters. The molecule has 4 aromatic rings. The number of hydrogen-bond donors (Lipinski definition) is 3. The van der Waals surface area contributed by atoms with Crippen molar-refractivity contribution in [3.63, 3.8) is 0 Å². The zero-order valence-corrected chi connectivity index (χ0v) is 16.4. The number of fused-ring (bicyclic) bond motifs is 4. The first-order chi connectivity index (χ1) is 15.0. The van der Waals surface area contributed by atoms with Crippen LogP contribution in [0.1, 0.15) is 11.7 Å². The number of aromatic hydroxyl groups is 2. The van der Waals surface area contributed by atoms with E-state index in [1.54, 1.807) is 36.4 Å². The first-order valence-electron chi connectivity index (χ1n) is 9.54. The van der Waals surface area contributed by atoms with E-state index in [0.717, 1.165) is 0 Å². The van der Waals surface area contributed by atoms with Gasteiger partial charge in [-0.3, -0.25) is 4.79 Å². The Hall–Kier alpha value is -3.91. The topological polar surface area (TPSA) is 119 Å². The molecule has 2 heterocycles. The molecule has 1 aromatic heterocycles. The van der Waals surface area contributed by atoms with Gasteiger partial charge in [0.05, 0.1) is 19.1 Å². The first kappa shape index (κ1) is 19.1. The molecule has 2 atom stereocenters. The monoisotopic (exact) mass is 422 g/mol. The lowest BCUT2D eigenvalue weighted by atomic mass is 10.0. The molecule has 0 aliphatic carbocycles. The molecule has 1 aliphatic heterocycles. The van der Waals surface area contributed by atoms with Gasteiger partial charge in [0.1, 0.15) is 16.7 Å². The minimum absolute atomic E-state index is 0.0294. The molecule has 0 saturated heterocycles. The lowest BCUT2D eigenvalue weighted by Gasteiger charge is -2.33. The number of aliphatic hydroxyl groups is 1. The van der Waals surface area contributed by atoms with Crippen molar-refractivity contribution in [1.82, 2.24) is 0 Å². The van der Waals surface area contributed by atoms with E-state index < -0.39 is 24.2 Å². The van der Waals surface area contributed by atoms with E-state index in [9.17, 15) is 20.1 Å². The first-order valence-corrected chi connectivity index (χ1v) is 9.54. The molecular formula is C23H18O8. The van der Waals surface area contributed by atoms with Gasteiger partial charge in [-0.05, 0) is 24.3 Å². The summed E-state index contributed by atoms with van der Waals surface area (Å²) >= 11 is 0. The predicted octanol–water partition coefficient (Wildman–Crippen LogP) is 3.24. The largest absolute Gasteiger partial charge is 0.507 e. The van der Waals surface area contributed by atoms with Gasteiger partial charge in [0.25, 0.3) is 0 Å². The average Bonchev–Trinajstić information content (AvgIpc) is 2.78. The fourth-order valence-corrected chi connectivity index (χ4v) is 3.83. The van der Waals surface area contributed by atoms with Crippen LogP contribution in [0.15, 0.2) is 57.7 Å². The van der Waals surface area contributed by atoms with Crippen LogP contribution in [0.25, 0.3) is 21.9 Å². The van der Waals surface area contributed by atoms with Gasteiger partial charge < -0.3 is 33.9 Å². The van der Waals surface area contributed by atoms with Crippen LogP contribution in [0, 0.1) is 0 Å². The molecule has 0 saturated carbocycles. The molecule has 8 nitrogen and oxygen atoms in total. The standard InChI is InChI=1S/C23H18O8/c1-28-16-7-6-11(8-13(16)25)21-18(10-24)31-22-17(30-21)9-14(26)19-20(27)12-4-2-3-5-15(12)29-23(19)22/h2-9,18,21,24-26H,10H2,1H3. The highest BCUT2D eigenvalue weighted by Gasteiger charge is 2.36. The Kier molecular flexibility index (Phi) is 4.37. The second kappa shape index (κ2) is 7.10. The summed E-state index contributed by atoms with van der Waals surface area (Å²) in [5.41, 5.74) is 0.498. The maximum Gasteiger partial charge on any atom is 0.205 e. The van der Waals surface area contributed by atoms with Gasteiger partial charge in [-0.2, -0.15) is 0 Å². The highest BCUT2D eigenvalue weighted by Crippen LogP contribution is 2.47. The predicted molar refractivity (Wildman–Crippen MR) is 111 cm³/mol. The summed E-state index contributed by atoms with van der Waals surface area (Å²) < 4.78 is 23.0. The number of phenols is 2. The quantitative estimate of drug-likeness (QED) is 0.431. The number of aliphatic hydroxyl groups excluding tert-OH is 1. The van der Waals surface area contributed by atoms with Crippen molar-refractivity contribution in [2.45, 2.75) is 12.2 Å². The Balaban J connectivity index is 1.69. The third kappa shape index (κ3) is 2.91.